The van der Waals surface area contributed by atoms with Crippen LogP contribution in [-0.4, -0.2) is 39.0 Å². The first kappa shape index (κ1) is 16.0. The average Bonchev–Trinajstić information content (AvgIpc) is 3.13. The molecule has 7 heteroatoms. The predicted octanol–water partition coefficient (Wildman–Crippen LogP) is 2.71. The van der Waals surface area contributed by atoms with Crippen molar-refractivity contribution in [1.82, 2.24) is 14.7 Å². The largest absolute Gasteiger partial charge is 0.416 e. The minimum absolute atomic E-state index is 0.206. The molecule has 0 saturated carbocycles. The van der Waals surface area contributed by atoms with E-state index in [1.807, 2.05) is 17.2 Å². The molecule has 4 nitrogen and oxygen atoms in total. The van der Waals surface area contributed by atoms with Gasteiger partial charge >= 0.3 is 6.18 Å². The molecule has 1 N–H and O–H groups in total. The lowest BCUT2D eigenvalue weighted by Gasteiger charge is -2.25. The Morgan fingerprint density at radius 3 is 2.74 bits per heavy atom. The molecule has 1 aromatic heterocycles. The molecule has 0 unspecified atom stereocenters. The van der Waals surface area contributed by atoms with Crippen molar-refractivity contribution in [3.63, 3.8) is 0 Å². The summed E-state index contributed by atoms with van der Waals surface area (Å²) in [6, 6.07) is 6.99. The maximum absolute atomic E-state index is 12.9. The summed E-state index contributed by atoms with van der Waals surface area (Å²) < 4.78 is 40.4. The fourth-order valence-electron chi connectivity index (χ4n) is 3.06. The summed E-state index contributed by atoms with van der Waals surface area (Å²) in [5, 5.41) is 14.1. The van der Waals surface area contributed by atoms with Gasteiger partial charge in [0.05, 0.1) is 18.2 Å². The molecular weight excluding hydrogens is 307 g/mol. The van der Waals surface area contributed by atoms with Crippen LogP contribution in [0.1, 0.15) is 23.6 Å². The van der Waals surface area contributed by atoms with Crippen LogP contribution >= 0.6 is 0 Å². The number of likely N-dealkylation sites (tertiary alicyclic amines) is 1. The number of hydrogen-bond acceptors (Lipinski definition) is 3. The third-order valence-corrected chi connectivity index (χ3v) is 4.16. The molecule has 1 saturated heterocycles. The van der Waals surface area contributed by atoms with E-state index in [9.17, 15) is 18.3 Å². The highest BCUT2D eigenvalue weighted by atomic mass is 19.4. The van der Waals surface area contributed by atoms with Gasteiger partial charge in [-0.15, -0.1) is 0 Å². The quantitative estimate of drug-likeness (QED) is 0.940. The molecule has 2 atom stereocenters. The second-order valence-corrected chi connectivity index (χ2v) is 5.79. The van der Waals surface area contributed by atoms with Crippen LogP contribution in [0.5, 0.6) is 0 Å². The lowest BCUT2D eigenvalue weighted by Crippen LogP contribution is -2.28. The molecule has 0 amide bonds. The van der Waals surface area contributed by atoms with Crippen LogP contribution in [0, 0.1) is 0 Å². The van der Waals surface area contributed by atoms with Crippen molar-refractivity contribution in [1.29, 1.82) is 0 Å². The van der Waals surface area contributed by atoms with Crippen molar-refractivity contribution in [2.45, 2.75) is 31.3 Å². The topological polar surface area (TPSA) is 41.3 Å². The minimum Gasteiger partial charge on any atom is -0.392 e. The zero-order valence-electron chi connectivity index (χ0n) is 12.4. The van der Waals surface area contributed by atoms with Crippen LogP contribution < -0.4 is 0 Å². The van der Waals surface area contributed by atoms with E-state index in [0.29, 0.717) is 31.6 Å². The monoisotopic (exact) mass is 325 g/mol. The molecule has 1 aliphatic rings. The van der Waals surface area contributed by atoms with Crippen molar-refractivity contribution in [3.8, 4) is 0 Å². The highest BCUT2D eigenvalue weighted by Crippen LogP contribution is 2.35. The molecular formula is C16H18F3N3O. The summed E-state index contributed by atoms with van der Waals surface area (Å²) in [7, 11) is 0. The van der Waals surface area contributed by atoms with Gasteiger partial charge in [0.25, 0.3) is 0 Å². The number of hydrogen-bond donors (Lipinski definition) is 1. The Morgan fingerprint density at radius 1 is 1.22 bits per heavy atom. The van der Waals surface area contributed by atoms with Gasteiger partial charge in [-0.2, -0.15) is 18.3 Å². The Balaban J connectivity index is 1.76. The predicted molar refractivity (Wildman–Crippen MR) is 78.6 cm³/mol. The number of halogens is 3. The molecule has 124 valence electrons. The number of benzene rings is 1. The van der Waals surface area contributed by atoms with Crippen LogP contribution in [-0.2, 0) is 12.7 Å². The number of aromatic nitrogens is 2. The summed E-state index contributed by atoms with van der Waals surface area (Å²) in [6.45, 7) is 1.72. The van der Waals surface area contributed by atoms with E-state index in [-0.39, 0.29) is 6.04 Å². The number of aliphatic hydroxyl groups excluding tert-OH is 1. The zero-order chi connectivity index (χ0) is 16.4. The molecule has 1 fully saturated rings. The first-order valence-electron chi connectivity index (χ1n) is 7.50. The van der Waals surface area contributed by atoms with Gasteiger partial charge in [0, 0.05) is 31.5 Å². The van der Waals surface area contributed by atoms with Crippen LogP contribution in [0.4, 0.5) is 13.2 Å². The summed E-state index contributed by atoms with van der Waals surface area (Å²) in [5.41, 5.74) is -0.0553. The Kier molecular flexibility index (Phi) is 4.41. The zero-order valence-corrected chi connectivity index (χ0v) is 12.4. The van der Waals surface area contributed by atoms with Gasteiger partial charge in [-0.3, -0.25) is 9.58 Å². The van der Waals surface area contributed by atoms with Gasteiger partial charge in [-0.25, -0.2) is 0 Å². The van der Waals surface area contributed by atoms with E-state index in [0.717, 1.165) is 6.07 Å². The third-order valence-electron chi connectivity index (χ3n) is 4.16. The van der Waals surface area contributed by atoms with E-state index in [1.165, 1.54) is 12.1 Å². The average molecular weight is 325 g/mol. The summed E-state index contributed by atoms with van der Waals surface area (Å²) in [6.07, 6.45) is -0.908. The van der Waals surface area contributed by atoms with E-state index < -0.39 is 17.8 Å². The molecule has 3 rings (SSSR count). The maximum Gasteiger partial charge on any atom is 0.416 e. The Morgan fingerprint density at radius 2 is 2.04 bits per heavy atom. The van der Waals surface area contributed by atoms with Crippen molar-refractivity contribution in [2.75, 3.05) is 13.1 Å². The Labute approximate surface area is 132 Å². The lowest BCUT2D eigenvalue weighted by molar-refractivity contribution is -0.137. The lowest BCUT2D eigenvalue weighted by atomic mass is 10.0. The highest BCUT2D eigenvalue weighted by molar-refractivity contribution is 5.29. The van der Waals surface area contributed by atoms with Crippen LogP contribution in [0.15, 0.2) is 42.7 Å². The molecule has 1 aliphatic heterocycles. The highest BCUT2D eigenvalue weighted by Gasteiger charge is 2.35. The van der Waals surface area contributed by atoms with Gasteiger partial charge in [0.15, 0.2) is 0 Å². The standard InChI is InChI=1S/C16H18F3N3O/c17-16(18,19)13-4-1-3-12(9-13)15-10-14(23)11-21(15)7-8-22-6-2-5-20-22/h1-6,9,14-15,23H,7-8,10-11H2/t14-,15-/m0/s1. The molecule has 2 heterocycles. The number of alkyl halides is 3. The second-order valence-electron chi connectivity index (χ2n) is 5.79. The number of β-amino-alcohol motifs (C(OH)–C–C–N with tert-alkyl or cyclic N) is 1. The van der Waals surface area contributed by atoms with Gasteiger partial charge in [0.2, 0.25) is 0 Å². The maximum atomic E-state index is 12.9. The van der Waals surface area contributed by atoms with E-state index in [1.54, 1.807) is 16.9 Å². The summed E-state index contributed by atoms with van der Waals surface area (Å²) in [4.78, 5) is 2.02. The van der Waals surface area contributed by atoms with Crippen LogP contribution in [0.25, 0.3) is 0 Å². The molecule has 0 spiro atoms. The molecule has 0 radical (unpaired) electrons. The Bertz CT molecular complexity index is 642. The van der Waals surface area contributed by atoms with Gasteiger partial charge < -0.3 is 5.11 Å². The fourth-order valence-corrected chi connectivity index (χ4v) is 3.06. The van der Waals surface area contributed by atoms with Crippen molar-refractivity contribution >= 4 is 0 Å². The Hall–Kier alpha value is -1.86. The van der Waals surface area contributed by atoms with Crippen molar-refractivity contribution in [2.24, 2.45) is 0 Å². The first-order chi connectivity index (χ1) is 10.9. The van der Waals surface area contributed by atoms with Gasteiger partial charge in [-0.1, -0.05) is 12.1 Å². The van der Waals surface area contributed by atoms with Crippen molar-refractivity contribution in [3.05, 3.63) is 53.9 Å². The number of aliphatic hydroxyl groups is 1. The smallest absolute Gasteiger partial charge is 0.392 e. The normalized spacial score (nSPS) is 22.6. The van der Waals surface area contributed by atoms with Crippen LogP contribution in [0.2, 0.25) is 0 Å². The summed E-state index contributed by atoms with van der Waals surface area (Å²) >= 11 is 0. The van der Waals surface area contributed by atoms with Crippen molar-refractivity contribution < 1.29 is 18.3 Å². The van der Waals surface area contributed by atoms with E-state index >= 15 is 0 Å². The SMILES string of the molecule is O[C@H]1C[C@@H](c2cccc(C(F)(F)F)c2)N(CCn2cccn2)C1. The minimum atomic E-state index is -4.35. The third kappa shape index (κ3) is 3.73. The molecule has 23 heavy (non-hydrogen) atoms. The second kappa shape index (κ2) is 6.33. The van der Waals surface area contributed by atoms with E-state index in [2.05, 4.69) is 5.10 Å². The molecule has 0 bridgehead atoms. The fraction of sp³-hybridized carbons (Fsp3) is 0.438. The molecule has 1 aromatic carbocycles. The van der Waals surface area contributed by atoms with Gasteiger partial charge in [0.1, 0.15) is 0 Å². The van der Waals surface area contributed by atoms with Crippen LogP contribution in [0.3, 0.4) is 0 Å². The molecule has 2 aromatic rings. The molecule has 0 aliphatic carbocycles. The first-order valence-corrected chi connectivity index (χ1v) is 7.50. The van der Waals surface area contributed by atoms with E-state index in [4.69, 9.17) is 0 Å². The van der Waals surface area contributed by atoms with Gasteiger partial charge in [-0.05, 0) is 30.2 Å². The number of nitrogens with zero attached hydrogens (tertiary/aromatic N) is 3. The summed E-state index contributed by atoms with van der Waals surface area (Å²) in [5.74, 6) is 0. The number of rotatable bonds is 4.